The van der Waals surface area contributed by atoms with Crippen molar-refractivity contribution in [3.05, 3.63) is 82.4 Å². The van der Waals surface area contributed by atoms with Crippen LogP contribution in [-0.2, 0) is 11.2 Å². The molecule has 0 spiro atoms. The van der Waals surface area contributed by atoms with Crippen molar-refractivity contribution in [2.45, 2.75) is 45.8 Å². The van der Waals surface area contributed by atoms with Gasteiger partial charge in [-0.05, 0) is 85.5 Å². The fourth-order valence-electron chi connectivity index (χ4n) is 4.32. The van der Waals surface area contributed by atoms with Crippen molar-refractivity contribution in [3.63, 3.8) is 0 Å². The van der Waals surface area contributed by atoms with Crippen LogP contribution in [0.3, 0.4) is 0 Å². The molecule has 1 aliphatic rings. The Morgan fingerprint density at radius 3 is 2.38 bits per heavy atom. The molecule has 0 bridgehead atoms. The number of carbonyl (C=O) groups is 1. The summed E-state index contributed by atoms with van der Waals surface area (Å²) in [5.41, 5.74) is 4.82. The number of carbonyl (C=O) groups excluding carboxylic acids is 1. The van der Waals surface area contributed by atoms with Gasteiger partial charge in [-0.3, -0.25) is 4.79 Å². The topological polar surface area (TPSA) is 50.8 Å². The Bertz CT molecular complexity index is 1150. The summed E-state index contributed by atoms with van der Waals surface area (Å²) in [5.74, 6) is 1.36. The summed E-state index contributed by atoms with van der Waals surface area (Å²) in [4.78, 5) is 15.4. The van der Waals surface area contributed by atoms with Crippen molar-refractivity contribution in [2.24, 2.45) is 0 Å². The molecule has 1 heterocycles. The molecule has 0 fully saturated rings. The molecule has 0 aliphatic carbocycles. The first-order valence-electron chi connectivity index (χ1n) is 11.7. The van der Waals surface area contributed by atoms with Gasteiger partial charge in [0.15, 0.2) is 11.5 Å². The second kappa shape index (κ2) is 10.4. The van der Waals surface area contributed by atoms with Gasteiger partial charge in [0, 0.05) is 22.9 Å². The number of nitrogens with one attached hydrogen (secondary N) is 1. The lowest BCUT2D eigenvalue weighted by molar-refractivity contribution is -0.118. The van der Waals surface area contributed by atoms with E-state index in [0.717, 1.165) is 41.0 Å². The molecule has 178 valence electrons. The minimum absolute atomic E-state index is 0.0290. The zero-order chi connectivity index (χ0) is 24.2. The van der Waals surface area contributed by atoms with Gasteiger partial charge in [-0.2, -0.15) is 0 Å². The molecule has 1 amide bonds. The summed E-state index contributed by atoms with van der Waals surface area (Å²) in [6.45, 7) is 7.02. The van der Waals surface area contributed by atoms with E-state index < -0.39 is 0 Å². The molecule has 1 aliphatic heterocycles. The van der Waals surface area contributed by atoms with Crippen molar-refractivity contribution < 1.29 is 14.3 Å². The van der Waals surface area contributed by atoms with Crippen molar-refractivity contribution in [3.8, 4) is 11.5 Å². The third kappa shape index (κ3) is 4.85. The molecule has 2 atom stereocenters. The van der Waals surface area contributed by atoms with Gasteiger partial charge in [-0.15, -0.1) is 0 Å². The van der Waals surface area contributed by atoms with Crippen LogP contribution in [0.4, 0.5) is 11.4 Å². The Morgan fingerprint density at radius 2 is 1.76 bits per heavy atom. The largest absolute Gasteiger partial charge is 0.493 e. The first-order chi connectivity index (χ1) is 16.4. The van der Waals surface area contributed by atoms with Crippen LogP contribution in [0.1, 0.15) is 49.9 Å². The third-order valence-corrected chi connectivity index (χ3v) is 6.46. The minimum atomic E-state index is -0.316. The van der Waals surface area contributed by atoms with Crippen LogP contribution in [0, 0.1) is 0 Å². The number of halogens is 1. The average molecular weight is 479 g/mol. The molecule has 3 aromatic carbocycles. The SMILES string of the molecule is CCNc1ccc(N2C(=O)Cc3cc(OC)c(O[C@H](C)CC)cc3C2c2ccc(Cl)cc2)cc1. The summed E-state index contributed by atoms with van der Waals surface area (Å²) in [7, 11) is 1.63. The Kier molecular flexibility index (Phi) is 7.32. The van der Waals surface area contributed by atoms with E-state index in [-0.39, 0.29) is 24.5 Å². The van der Waals surface area contributed by atoms with E-state index in [0.29, 0.717) is 16.5 Å². The predicted molar refractivity (Wildman–Crippen MR) is 138 cm³/mol. The summed E-state index contributed by atoms with van der Waals surface area (Å²) in [5, 5.41) is 3.96. The molecular weight excluding hydrogens is 448 g/mol. The first-order valence-corrected chi connectivity index (χ1v) is 12.1. The lowest BCUT2D eigenvalue weighted by atomic mass is 9.86. The Hall–Kier alpha value is -3.18. The van der Waals surface area contributed by atoms with E-state index in [4.69, 9.17) is 21.1 Å². The summed E-state index contributed by atoms with van der Waals surface area (Å²) >= 11 is 6.19. The smallest absolute Gasteiger partial charge is 0.232 e. The van der Waals surface area contributed by atoms with Gasteiger partial charge >= 0.3 is 0 Å². The van der Waals surface area contributed by atoms with Crippen LogP contribution in [0.25, 0.3) is 0 Å². The van der Waals surface area contributed by atoms with Gasteiger partial charge in [-0.25, -0.2) is 0 Å². The second-order valence-electron chi connectivity index (χ2n) is 8.51. The lowest BCUT2D eigenvalue weighted by Crippen LogP contribution is -2.41. The van der Waals surface area contributed by atoms with Gasteiger partial charge in [0.1, 0.15) is 0 Å². The van der Waals surface area contributed by atoms with E-state index in [9.17, 15) is 4.79 Å². The number of ether oxygens (including phenoxy) is 2. The predicted octanol–water partition coefficient (Wildman–Crippen LogP) is 6.64. The van der Waals surface area contributed by atoms with Crippen LogP contribution in [0.15, 0.2) is 60.7 Å². The van der Waals surface area contributed by atoms with Gasteiger partial charge in [0.2, 0.25) is 5.91 Å². The van der Waals surface area contributed by atoms with Gasteiger partial charge < -0.3 is 19.7 Å². The molecule has 1 N–H and O–H groups in total. The fraction of sp³-hybridized carbons (Fsp3) is 0.321. The van der Waals surface area contributed by atoms with E-state index in [1.807, 2.05) is 72.5 Å². The van der Waals surface area contributed by atoms with E-state index >= 15 is 0 Å². The summed E-state index contributed by atoms with van der Waals surface area (Å²) in [6, 6.07) is 19.3. The zero-order valence-electron chi connectivity index (χ0n) is 20.1. The average Bonchev–Trinajstić information content (AvgIpc) is 2.84. The maximum absolute atomic E-state index is 13.5. The number of rotatable bonds is 8. The van der Waals surface area contributed by atoms with Crippen molar-refractivity contribution >= 4 is 28.9 Å². The highest BCUT2D eigenvalue weighted by atomic mass is 35.5. The van der Waals surface area contributed by atoms with Gasteiger partial charge in [0.25, 0.3) is 0 Å². The molecule has 4 rings (SSSR count). The third-order valence-electron chi connectivity index (χ3n) is 6.20. The number of hydrogen-bond acceptors (Lipinski definition) is 4. The van der Waals surface area contributed by atoms with E-state index in [1.54, 1.807) is 7.11 Å². The first kappa shape index (κ1) is 24.0. The Labute approximate surface area is 206 Å². The highest BCUT2D eigenvalue weighted by Gasteiger charge is 2.36. The number of hydrogen-bond donors (Lipinski definition) is 1. The van der Waals surface area contributed by atoms with Crippen LogP contribution in [0.5, 0.6) is 11.5 Å². The van der Waals surface area contributed by atoms with Crippen LogP contribution < -0.4 is 19.7 Å². The quantitative estimate of drug-likeness (QED) is 0.394. The van der Waals surface area contributed by atoms with Crippen molar-refractivity contribution in [2.75, 3.05) is 23.9 Å². The normalized spacial score (nSPS) is 16.1. The van der Waals surface area contributed by atoms with E-state index in [2.05, 4.69) is 19.2 Å². The standard InChI is InChI=1S/C28H31ClN2O3/c1-5-18(3)34-26-17-24-20(15-25(26)33-4)16-27(32)31(23-13-11-22(12-14-23)30-6-2)28(24)19-7-9-21(29)10-8-19/h7-15,17-18,28,30H,5-6,16H2,1-4H3/t18-,28?/m1/s1. The molecule has 1 unspecified atom stereocenters. The second-order valence-corrected chi connectivity index (χ2v) is 8.95. The molecule has 0 aromatic heterocycles. The maximum atomic E-state index is 13.5. The van der Waals surface area contributed by atoms with Crippen molar-refractivity contribution in [1.82, 2.24) is 0 Å². The van der Waals surface area contributed by atoms with Gasteiger partial charge in [-0.1, -0.05) is 30.7 Å². The Morgan fingerprint density at radius 1 is 1.06 bits per heavy atom. The van der Waals surface area contributed by atoms with Crippen molar-refractivity contribution in [1.29, 1.82) is 0 Å². The van der Waals surface area contributed by atoms with Crippen LogP contribution >= 0.6 is 11.6 Å². The number of benzene rings is 3. The maximum Gasteiger partial charge on any atom is 0.232 e. The monoisotopic (exact) mass is 478 g/mol. The lowest BCUT2D eigenvalue weighted by Gasteiger charge is -2.38. The van der Waals surface area contributed by atoms with Crippen LogP contribution in [0.2, 0.25) is 5.02 Å². The molecule has 3 aromatic rings. The molecule has 0 saturated carbocycles. The molecular formula is C28H31ClN2O3. The number of amides is 1. The molecule has 0 radical (unpaired) electrons. The van der Waals surface area contributed by atoms with Gasteiger partial charge in [0.05, 0.1) is 25.7 Å². The number of methoxy groups -OCH3 is 1. The fourth-order valence-corrected chi connectivity index (χ4v) is 4.45. The Balaban J connectivity index is 1.86. The molecule has 0 saturated heterocycles. The highest BCUT2D eigenvalue weighted by molar-refractivity contribution is 6.30. The highest BCUT2D eigenvalue weighted by Crippen LogP contribution is 2.44. The summed E-state index contributed by atoms with van der Waals surface area (Å²) < 4.78 is 11.8. The minimum Gasteiger partial charge on any atom is -0.493 e. The molecule has 34 heavy (non-hydrogen) atoms. The number of fused-ring (bicyclic) bond motifs is 1. The molecule has 5 nitrogen and oxygen atoms in total. The number of anilines is 2. The van der Waals surface area contributed by atoms with Crippen LogP contribution in [-0.4, -0.2) is 25.7 Å². The molecule has 6 heteroatoms. The van der Waals surface area contributed by atoms with E-state index in [1.165, 1.54) is 0 Å². The summed E-state index contributed by atoms with van der Waals surface area (Å²) in [6.07, 6.45) is 1.21. The zero-order valence-corrected chi connectivity index (χ0v) is 20.9. The number of nitrogens with zero attached hydrogens (tertiary/aromatic N) is 1.